The number of hydrogen-bond donors (Lipinski definition) is 2. The van der Waals surface area contributed by atoms with E-state index in [9.17, 15) is 19.5 Å². The molecular weight excluding hydrogens is 802 g/mol. The Hall–Kier alpha value is -3.74. The Bertz CT molecular complexity index is 1800. The minimum atomic E-state index is -3.14. The predicted octanol–water partition coefficient (Wildman–Crippen LogP) is 5.36. The third kappa shape index (κ3) is 11.1. The van der Waals surface area contributed by atoms with Crippen molar-refractivity contribution in [1.29, 1.82) is 0 Å². The van der Waals surface area contributed by atoms with E-state index in [1.54, 1.807) is 37.3 Å². The fraction of sp³-hybridized carbons (Fsp3) is 0.756. The molecule has 62 heavy (non-hydrogen) atoms. The van der Waals surface area contributed by atoms with E-state index in [0.717, 1.165) is 12.5 Å². The molecule has 2 aliphatic rings. The molecule has 1 amide bonds. The van der Waals surface area contributed by atoms with E-state index in [1.165, 1.54) is 14.0 Å². The molecule has 1 aromatic carbocycles. The van der Waals surface area contributed by atoms with Crippen molar-refractivity contribution in [1.82, 2.24) is 29.7 Å². The summed E-state index contributed by atoms with van der Waals surface area (Å²) in [5, 5.41) is 20.2. The van der Waals surface area contributed by atoms with Crippen molar-refractivity contribution in [2.75, 3.05) is 53.7 Å². The average molecular weight is 876 g/mol. The maximum absolute atomic E-state index is 17.1. The number of amides is 1. The van der Waals surface area contributed by atoms with Crippen LogP contribution >= 0.6 is 0 Å². The molecule has 1 aromatic heterocycles. The highest BCUT2D eigenvalue weighted by molar-refractivity contribution is 6.07. The molecule has 2 aliphatic heterocycles. The molecule has 350 valence electrons. The fourth-order valence-corrected chi connectivity index (χ4v) is 9.64. The van der Waals surface area contributed by atoms with Crippen molar-refractivity contribution in [2.45, 2.75) is 161 Å². The first-order valence-electron chi connectivity index (χ1n) is 22.2. The Morgan fingerprint density at radius 2 is 1.76 bits per heavy atom. The van der Waals surface area contributed by atoms with Crippen LogP contribution in [0.4, 0.5) is 14.9 Å². The minimum absolute atomic E-state index is 0.110. The highest BCUT2D eigenvalue weighted by atomic mass is 19.1. The molecule has 16 nitrogen and oxygen atoms in total. The van der Waals surface area contributed by atoms with Gasteiger partial charge in [0.2, 0.25) is 0 Å². The SMILES string of the molecule is CCO[C@@H](O[C@@H]1[C@H](C)C(=O)C(C)(F)C(=O)O[C@H](CC)[C@@]2(C)OC(=O)N(CCCCn3cc(-c4cccc(N)c4)nn3)[C@@H]2[C@@H](C)N(C)C[C@H](C)C[C@@]1(C)OC)C(O)C(CC)N(C)C. The van der Waals surface area contributed by atoms with Crippen LogP contribution in [0.25, 0.3) is 11.3 Å². The molecule has 12 atom stereocenters. The topological polar surface area (TPSA) is 184 Å². The summed E-state index contributed by atoms with van der Waals surface area (Å²) in [4.78, 5) is 48.1. The van der Waals surface area contributed by atoms with Gasteiger partial charge < -0.3 is 44.3 Å². The monoisotopic (exact) mass is 876 g/mol. The lowest BCUT2D eigenvalue weighted by molar-refractivity contribution is -0.266. The van der Waals surface area contributed by atoms with Crippen LogP contribution in [0.2, 0.25) is 0 Å². The second-order valence-corrected chi connectivity index (χ2v) is 18.2. The van der Waals surface area contributed by atoms with Crippen LogP contribution < -0.4 is 5.73 Å². The highest BCUT2D eigenvalue weighted by Gasteiger charge is 2.60. The van der Waals surface area contributed by atoms with Crippen LogP contribution in [0.3, 0.4) is 0 Å². The second kappa shape index (κ2) is 21.3. The number of alkyl halides is 1. The van der Waals surface area contributed by atoms with E-state index in [4.69, 9.17) is 29.4 Å². The van der Waals surface area contributed by atoms with Crippen LogP contribution in [0.15, 0.2) is 30.5 Å². The maximum Gasteiger partial charge on any atom is 0.410 e. The molecule has 2 saturated heterocycles. The number of aromatic nitrogens is 3. The van der Waals surface area contributed by atoms with Crippen LogP contribution in [0, 0.1) is 11.8 Å². The number of cyclic esters (lactones) is 1. The highest BCUT2D eigenvalue weighted by Crippen LogP contribution is 2.41. The normalized spacial score (nSPS) is 32.1. The number of nitrogen functional groups attached to an aromatic ring is 1. The van der Waals surface area contributed by atoms with Gasteiger partial charge in [0.1, 0.15) is 17.9 Å². The molecule has 0 saturated carbocycles. The zero-order valence-corrected chi connectivity index (χ0v) is 39.3. The first-order valence-corrected chi connectivity index (χ1v) is 22.2. The molecule has 3 heterocycles. The van der Waals surface area contributed by atoms with Crippen LogP contribution in [-0.2, 0) is 39.8 Å². The summed E-state index contributed by atoms with van der Waals surface area (Å²) in [7, 11) is 7.15. The van der Waals surface area contributed by atoms with Gasteiger partial charge in [-0.1, -0.05) is 45.0 Å². The number of rotatable bonds is 16. The number of likely N-dealkylation sites (N-methyl/N-ethyl adjacent to an activating group) is 2. The van der Waals surface area contributed by atoms with E-state index in [2.05, 4.69) is 15.2 Å². The number of halogens is 1. The number of anilines is 1. The van der Waals surface area contributed by atoms with Crippen molar-refractivity contribution >= 4 is 23.5 Å². The smallest absolute Gasteiger partial charge is 0.410 e. The molecule has 3 N–H and O–H groups in total. The lowest BCUT2D eigenvalue weighted by atomic mass is 9.78. The Labute approximate surface area is 367 Å². The number of benzene rings is 1. The number of Topliss-reactive ketones (excluding diaryl/α,β-unsaturated/α-hetero) is 1. The van der Waals surface area contributed by atoms with Gasteiger partial charge in [-0.05, 0) is 106 Å². The quantitative estimate of drug-likeness (QED) is 0.0723. The van der Waals surface area contributed by atoms with Gasteiger partial charge in [-0.3, -0.25) is 14.4 Å². The summed E-state index contributed by atoms with van der Waals surface area (Å²) >= 11 is 0. The van der Waals surface area contributed by atoms with Gasteiger partial charge in [0, 0.05) is 62.6 Å². The molecule has 2 fully saturated rings. The van der Waals surface area contributed by atoms with E-state index < -0.39 is 71.3 Å². The number of carbonyl (C=O) groups is 3. The average Bonchev–Trinajstić information content (AvgIpc) is 3.79. The predicted molar refractivity (Wildman–Crippen MR) is 234 cm³/mol. The van der Waals surface area contributed by atoms with Crippen molar-refractivity contribution in [3.63, 3.8) is 0 Å². The molecule has 4 rings (SSSR count). The first kappa shape index (κ1) is 50.9. The number of methoxy groups -OCH3 is 1. The van der Waals surface area contributed by atoms with Gasteiger partial charge in [0.05, 0.1) is 23.9 Å². The fourth-order valence-electron chi connectivity index (χ4n) is 9.64. The number of ketones is 1. The van der Waals surface area contributed by atoms with Crippen LogP contribution in [-0.4, -0.2) is 160 Å². The Morgan fingerprint density at radius 3 is 2.35 bits per heavy atom. The maximum atomic E-state index is 17.1. The number of nitrogens with zero attached hydrogens (tertiary/aromatic N) is 6. The summed E-state index contributed by atoms with van der Waals surface area (Å²) in [6, 6.07) is 6.07. The Kier molecular flexibility index (Phi) is 17.5. The molecule has 2 aromatic rings. The van der Waals surface area contributed by atoms with Gasteiger partial charge in [0.15, 0.2) is 17.7 Å². The third-order valence-electron chi connectivity index (χ3n) is 13.1. The summed E-state index contributed by atoms with van der Waals surface area (Å²) in [6.45, 7) is 17.0. The third-order valence-corrected chi connectivity index (χ3v) is 13.1. The molecule has 0 bridgehead atoms. The number of nitrogens with two attached hydrogens (primary N) is 1. The van der Waals surface area contributed by atoms with E-state index >= 15 is 4.39 Å². The lowest BCUT2D eigenvalue weighted by Crippen LogP contribution is -2.61. The van der Waals surface area contributed by atoms with Crippen molar-refractivity contribution in [2.24, 2.45) is 11.8 Å². The van der Waals surface area contributed by atoms with Crippen molar-refractivity contribution < 1.29 is 47.6 Å². The Morgan fingerprint density at radius 1 is 1.08 bits per heavy atom. The zero-order valence-electron chi connectivity index (χ0n) is 39.3. The lowest BCUT2D eigenvalue weighted by Gasteiger charge is -2.45. The second-order valence-electron chi connectivity index (χ2n) is 18.2. The summed E-state index contributed by atoms with van der Waals surface area (Å²) in [6.07, 6.45) is -1.06. The number of aryl methyl sites for hydroxylation is 1. The van der Waals surface area contributed by atoms with Gasteiger partial charge in [0.25, 0.3) is 5.67 Å². The van der Waals surface area contributed by atoms with Gasteiger partial charge in [-0.25, -0.2) is 14.0 Å². The van der Waals surface area contributed by atoms with Gasteiger partial charge in [-0.2, -0.15) is 0 Å². The molecule has 0 spiro atoms. The van der Waals surface area contributed by atoms with E-state index in [0.29, 0.717) is 56.7 Å². The summed E-state index contributed by atoms with van der Waals surface area (Å²) in [5.74, 6) is -3.87. The largest absolute Gasteiger partial charge is 0.455 e. The van der Waals surface area contributed by atoms with E-state index in [1.807, 2.05) is 77.3 Å². The molecule has 17 heteroatoms. The van der Waals surface area contributed by atoms with E-state index in [-0.39, 0.29) is 31.0 Å². The number of hydrogen-bond acceptors (Lipinski definition) is 14. The molecule has 3 unspecified atom stereocenters. The summed E-state index contributed by atoms with van der Waals surface area (Å²) < 4.78 is 49.8. The van der Waals surface area contributed by atoms with Crippen molar-refractivity contribution in [3.8, 4) is 11.3 Å². The van der Waals surface area contributed by atoms with Gasteiger partial charge in [-0.15, -0.1) is 5.10 Å². The van der Waals surface area contributed by atoms with Crippen molar-refractivity contribution in [3.05, 3.63) is 30.5 Å². The number of ether oxygens (including phenoxy) is 5. The van der Waals surface area contributed by atoms with Crippen LogP contribution in [0.5, 0.6) is 0 Å². The zero-order chi connectivity index (χ0) is 46.3. The first-order chi connectivity index (χ1) is 29.1. The molecular formula is C45H74FN7O9. The number of aliphatic hydroxyl groups is 1. The number of aliphatic hydroxyl groups excluding tert-OH is 1. The number of unbranched alkanes of at least 4 members (excludes halogenated alkanes) is 1. The van der Waals surface area contributed by atoms with Gasteiger partial charge >= 0.3 is 12.1 Å². The Balaban J connectivity index is 1.67. The molecule has 0 radical (unpaired) electrons. The number of carbonyl (C=O) groups excluding carboxylic acids is 3. The number of esters is 1. The minimum Gasteiger partial charge on any atom is -0.455 e. The van der Waals surface area contributed by atoms with Crippen LogP contribution in [0.1, 0.15) is 94.4 Å². The molecule has 0 aliphatic carbocycles. The standard InChI is InChI=1S/C45H74FN7O9/c1-14-34(50(10)11)36(54)40(59-16-3)61-39-29(5)38(55)44(8,46)41(56)60-35(15-2)45(9)37(30(6)51(12)26-28(4)25-43(39,7)58-13)53(42(57)62-45)23-18-17-22-52-27-33(48-49-52)31-20-19-21-32(47)24-31/h19-21,24,27-30,34-37,39-40,54H,14-18,22-23,25-26,47H2,1-13H3/t28-,29-,30-,34?,35-,36?,37-,39-,40+,43-,44?,45-/m1/s1. The number of fused-ring (bicyclic) bond motifs is 1. The summed E-state index contributed by atoms with van der Waals surface area (Å²) in [5.41, 5.74) is 2.35.